The third kappa shape index (κ3) is 1.21. The van der Waals surface area contributed by atoms with Gasteiger partial charge in [-0.05, 0) is 24.3 Å². The van der Waals surface area contributed by atoms with Crippen LogP contribution in [0.15, 0.2) is 59.3 Å². The number of rotatable bonds is 1. The van der Waals surface area contributed by atoms with Crippen LogP contribution in [-0.4, -0.2) is 9.97 Å². The Balaban J connectivity index is 2.21. The first-order valence-corrected chi connectivity index (χ1v) is 5.83. The number of aromatic amines is 1. The number of aromatic nitrogens is 2. The molecule has 1 aromatic carbocycles. The van der Waals surface area contributed by atoms with E-state index in [9.17, 15) is 0 Å². The van der Waals surface area contributed by atoms with E-state index in [1.165, 1.54) is 5.39 Å². The number of nitrogens with one attached hydrogen (secondary N) is 1. The number of nitrogens with zero attached hydrogens (tertiary/aromatic N) is 1. The molecule has 0 saturated heterocycles. The summed E-state index contributed by atoms with van der Waals surface area (Å²) in [6.45, 7) is 0. The summed E-state index contributed by atoms with van der Waals surface area (Å²) >= 11 is 0. The summed E-state index contributed by atoms with van der Waals surface area (Å²) in [5.41, 5.74) is 3.06. The first-order valence-electron chi connectivity index (χ1n) is 5.83. The van der Waals surface area contributed by atoms with Gasteiger partial charge in [-0.1, -0.05) is 18.2 Å². The van der Waals surface area contributed by atoms with Gasteiger partial charge < -0.3 is 9.40 Å². The Bertz CT molecular complexity index is 828. The van der Waals surface area contributed by atoms with E-state index in [2.05, 4.69) is 22.1 Å². The van der Waals surface area contributed by atoms with Gasteiger partial charge in [0.15, 0.2) is 0 Å². The lowest BCUT2D eigenvalue weighted by Gasteiger charge is -1.99. The van der Waals surface area contributed by atoms with Crippen molar-refractivity contribution in [3.05, 3.63) is 54.9 Å². The van der Waals surface area contributed by atoms with Gasteiger partial charge in [0.05, 0.1) is 6.26 Å². The Labute approximate surface area is 103 Å². The van der Waals surface area contributed by atoms with Crippen molar-refractivity contribution in [3.63, 3.8) is 0 Å². The van der Waals surface area contributed by atoms with Crippen molar-refractivity contribution in [1.82, 2.24) is 9.97 Å². The Kier molecular flexibility index (Phi) is 1.83. The maximum Gasteiger partial charge on any atom is 0.139 e. The SMILES string of the molecule is c1coc(-c2ccnc3[nH]c4ccccc4c23)c1. The molecular formula is C15H10N2O. The van der Waals surface area contributed by atoms with E-state index in [0.717, 1.165) is 27.9 Å². The van der Waals surface area contributed by atoms with Crippen molar-refractivity contribution in [2.75, 3.05) is 0 Å². The molecule has 0 radical (unpaired) electrons. The van der Waals surface area contributed by atoms with E-state index in [0.29, 0.717) is 0 Å². The molecule has 18 heavy (non-hydrogen) atoms. The number of benzene rings is 1. The molecule has 0 saturated carbocycles. The monoisotopic (exact) mass is 234 g/mol. The second kappa shape index (κ2) is 3.47. The normalized spacial score (nSPS) is 11.3. The van der Waals surface area contributed by atoms with Gasteiger partial charge in [0.2, 0.25) is 0 Å². The van der Waals surface area contributed by atoms with Gasteiger partial charge in [0.25, 0.3) is 0 Å². The molecule has 1 N–H and O–H groups in total. The van der Waals surface area contributed by atoms with Crippen LogP contribution in [0.3, 0.4) is 0 Å². The topological polar surface area (TPSA) is 41.8 Å². The Hall–Kier alpha value is -2.55. The molecule has 3 heteroatoms. The highest BCUT2D eigenvalue weighted by molar-refractivity contribution is 6.12. The van der Waals surface area contributed by atoms with Gasteiger partial charge in [0, 0.05) is 28.0 Å². The number of H-pyrrole nitrogens is 1. The number of pyridine rings is 1. The van der Waals surface area contributed by atoms with E-state index in [1.54, 1.807) is 12.5 Å². The zero-order valence-corrected chi connectivity index (χ0v) is 9.55. The molecule has 4 aromatic rings. The number of fused-ring (bicyclic) bond motifs is 3. The Morgan fingerprint density at radius 2 is 1.94 bits per heavy atom. The van der Waals surface area contributed by atoms with Crippen molar-refractivity contribution in [3.8, 4) is 11.3 Å². The maximum absolute atomic E-state index is 5.50. The van der Waals surface area contributed by atoms with E-state index in [4.69, 9.17) is 4.42 Å². The smallest absolute Gasteiger partial charge is 0.139 e. The van der Waals surface area contributed by atoms with E-state index in [-0.39, 0.29) is 0 Å². The van der Waals surface area contributed by atoms with Gasteiger partial charge in [-0.3, -0.25) is 0 Å². The summed E-state index contributed by atoms with van der Waals surface area (Å²) < 4.78 is 5.50. The predicted molar refractivity (Wildman–Crippen MR) is 71.3 cm³/mol. The average Bonchev–Trinajstić information content (AvgIpc) is 3.05. The van der Waals surface area contributed by atoms with Gasteiger partial charge in [0.1, 0.15) is 11.4 Å². The number of hydrogen-bond donors (Lipinski definition) is 1. The second-order valence-electron chi connectivity index (χ2n) is 4.23. The van der Waals surface area contributed by atoms with Gasteiger partial charge in [-0.25, -0.2) is 4.98 Å². The van der Waals surface area contributed by atoms with Crippen LogP contribution < -0.4 is 0 Å². The van der Waals surface area contributed by atoms with E-state index in [1.807, 2.05) is 30.3 Å². The van der Waals surface area contributed by atoms with Crippen molar-refractivity contribution < 1.29 is 4.42 Å². The zero-order chi connectivity index (χ0) is 11.9. The van der Waals surface area contributed by atoms with Crippen molar-refractivity contribution in [1.29, 1.82) is 0 Å². The molecule has 4 rings (SSSR count). The van der Waals surface area contributed by atoms with Crippen LogP contribution >= 0.6 is 0 Å². The molecule has 3 heterocycles. The van der Waals surface area contributed by atoms with E-state index >= 15 is 0 Å². The molecule has 0 spiro atoms. The van der Waals surface area contributed by atoms with Crippen LogP contribution in [0.2, 0.25) is 0 Å². The van der Waals surface area contributed by atoms with Crippen LogP contribution in [-0.2, 0) is 0 Å². The zero-order valence-electron chi connectivity index (χ0n) is 9.55. The molecule has 0 unspecified atom stereocenters. The number of furan rings is 1. The van der Waals surface area contributed by atoms with Crippen LogP contribution in [0.4, 0.5) is 0 Å². The highest BCUT2D eigenvalue weighted by Crippen LogP contribution is 2.33. The van der Waals surface area contributed by atoms with Crippen LogP contribution in [0.25, 0.3) is 33.3 Å². The Morgan fingerprint density at radius 3 is 2.83 bits per heavy atom. The highest BCUT2D eigenvalue weighted by atomic mass is 16.3. The van der Waals surface area contributed by atoms with Crippen molar-refractivity contribution in [2.45, 2.75) is 0 Å². The fourth-order valence-electron chi connectivity index (χ4n) is 2.40. The molecule has 0 aliphatic heterocycles. The third-order valence-electron chi connectivity index (χ3n) is 3.19. The molecule has 86 valence electrons. The summed E-state index contributed by atoms with van der Waals surface area (Å²) in [6.07, 6.45) is 3.49. The van der Waals surface area contributed by atoms with Crippen LogP contribution in [0.5, 0.6) is 0 Å². The molecule has 3 aromatic heterocycles. The minimum absolute atomic E-state index is 0.868. The molecule has 3 nitrogen and oxygen atoms in total. The van der Waals surface area contributed by atoms with Gasteiger partial charge >= 0.3 is 0 Å². The lowest BCUT2D eigenvalue weighted by Crippen LogP contribution is -1.79. The summed E-state index contributed by atoms with van der Waals surface area (Å²) in [5, 5.41) is 2.29. The molecule has 0 atom stereocenters. The molecular weight excluding hydrogens is 224 g/mol. The number of hydrogen-bond acceptors (Lipinski definition) is 2. The average molecular weight is 234 g/mol. The first-order chi connectivity index (χ1) is 8.93. The number of para-hydroxylation sites is 1. The largest absolute Gasteiger partial charge is 0.464 e. The summed E-state index contributed by atoms with van der Waals surface area (Å²) in [7, 11) is 0. The highest BCUT2D eigenvalue weighted by Gasteiger charge is 2.11. The predicted octanol–water partition coefficient (Wildman–Crippen LogP) is 3.98. The minimum Gasteiger partial charge on any atom is -0.464 e. The van der Waals surface area contributed by atoms with Crippen LogP contribution in [0, 0.1) is 0 Å². The molecule has 0 amide bonds. The first kappa shape index (κ1) is 9.48. The molecule has 0 bridgehead atoms. The molecule has 0 aliphatic carbocycles. The quantitative estimate of drug-likeness (QED) is 0.541. The third-order valence-corrected chi connectivity index (χ3v) is 3.19. The Morgan fingerprint density at radius 1 is 1.00 bits per heavy atom. The van der Waals surface area contributed by atoms with Crippen molar-refractivity contribution in [2.24, 2.45) is 0 Å². The second-order valence-corrected chi connectivity index (χ2v) is 4.23. The van der Waals surface area contributed by atoms with Gasteiger partial charge in [-0.15, -0.1) is 0 Å². The summed E-state index contributed by atoms with van der Waals surface area (Å²) in [4.78, 5) is 7.72. The summed E-state index contributed by atoms with van der Waals surface area (Å²) in [6, 6.07) is 14.1. The van der Waals surface area contributed by atoms with Gasteiger partial charge in [-0.2, -0.15) is 0 Å². The lowest BCUT2D eigenvalue weighted by atomic mass is 10.1. The fraction of sp³-hybridized carbons (Fsp3) is 0. The van der Waals surface area contributed by atoms with E-state index < -0.39 is 0 Å². The maximum atomic E-state index is 5.50. The molecule has 0 aliphatic rings. The van der Waals surface area contributed by atoms with Crippen molar-refractivity contribution >= 4 is 21.9 Å². The standard InChI is InChI=1S/C15H10N2O/c1-2-5-12-10(4-1)14-11(13-6-3-9-18-13)7-8-16-15(14)17-12/h1-9H,(H,16,17). The van der Waals surface area contributed by atoms with Crippen LogP contribution in [0.1, 0.15) is 0 Å². The minimum atomic E-state index is 0.868. The summed E-state index contributed by atoms with van der Waals surface area (Å²) in [5.74, 6) is 0.868. The lowest BCUT2D eigenvalue weighted by molar-refractivity contribution is 0.583. The molecule has 0 fully saturated rings. The fourth-order valence-corrected chi connectivity index (χ4v) is 2.40.